The van der Waals surface area contributed by atoms with Crippen molar-refractivity contribution < 1.29 is 32.9 Å². The zero-order valence-electron chi connectivity index (χ0n) is 9.31. The van der Waals surface area contributed by atoms with Crippen LogP contribution in [0.5, 0.6) is 5.75 Å². The van der Waals surface area contributed by atoms with Crippen LogP contribution in [-0.4, -0.2) is 29.0 Å². The summed E-state index contributed by atoms with van der Waals surface area (Å²) in [6, 6.07) is 4.60. The maximum atomic E-state index is 13.3. The molecule has 7 heteroatoms. The third kappa shape index (κ3) is 3.13. The van der Waals surface area contributed by atoms with E-state index >= 15 is 0 Å². The molecule has 2 N–H and O–H groups in total. The Bertz CT molecular complexity index is 434. The molecular formula is C11H11F3O4. The molecule has 0 fully saturated rings. The number of hydrogen-bond acceptors (Lipinski definition) is 3. The van der Waals surface area contributed by atoms with Gasteiger partial charge in [0.1, 0.15) is 11.4 Å². The molecule has 0 bridgehead atoms. The first-order valence-electron chi connectivity index (χ1n) is 4.89. The lowest BCUT2D eigenvalue weighted by Gasteiger charge is -2.25. The van der Waals surface area contributed by atoms with Crippen molar-refractivity contribution in [1.29, 1.82) is 0 Å². The van der Waals surface area contributed by atoms with Gasteiger partial charge in [-0.25, -0.2) is 9.18 Å². The predicted molar refractivity (Wildman–Crippen MR) is 55.2 cm³/mol. The smallest absolute Gasteiger partial charge is 0.387 e. The Labute approximate surface area is 101 Å². The number of halogens is 3. The minimum absolute atomic E-state index is 0.171. The van der Waals surface area contributed by atoms with E-state index < -0.39 is 24.4 Å². The van der Waals surface area contributed by atoms with Crippen LogP contribution in [0.3, 0.4) is 0 Å². The largest absolute Gasteiger partial charge is 0.479 e. The molecule has 0 heterocycles. The minimum Gasteiger partial charge on any atom is -0.479 e. The maximum absolute atomic E-state index is 13.3. The number of alkyl halides is 3. The van der Waals surface area contributed by atoms with E-state index in [2.05, 4.69) is 4.74 Å². The standard InChI is InChI=1S/C11H11F3O4/c1-11(17,8(12)9(15)16)6-3-2-4-7(5-6)18-10(13)14/h2-5,8,10,17H,1H3,(H,15,16). The number of hydrogen-bond donors (Lipinski definition) is 2. The van der Waals surface area contributed by atoms with E-state index in [1.54, 1.807) is 0 Å². The summed E-state index contributed by atoms with van der Waals surface area (Å²) in [4.78, 5) is 10.5. The second-order valence-electron chi connectivity index (χ2n) is 3.75. The first-order chi connectivity index (χ1) is 8.25. The molecule has 18 heavy (non-hydrogen) atoms. The van der Waals surface area contributed by atoms with Crippen LogP contribution in [0, 0.1) is 0 Å². The van der Waals surface area contributed by atoms with E-state index in [-0.39, 0.29) is 11.3 Å². The fourth-order valence-electron chi connectivity index (χ4n) is 1.37. The first kappa shape index (κ1) is 14.3. The molecule has 0 spiro atoms. The Balaban J connectivity index is 3.05. The third-order valence-corrected chi connectivity index (χ3v) is 2.35. The van der Waals surface area contributed by atoms with Crippen molar-refractivity contribution in [3.63, 3.8) is 0 Å². The van der Waals surface area contributed by atoms with Crippen molar-refractivity contribution in [2.24, 2.45) is 0 Å². The highest BCUT2D eigenvalue weighted by atomic mass is 19.3. The molecule has 0 aliphatic carbocycles. The summed E-state index contributed by atoms with van der Waals surface area (Å²) >= 11 is 0. The van der Waals surface area contributed by atoms with Gasteiger partial charge in [0.15, 0.2) is 0 Å². The summed E-state index contributed by atoms with van der Waals surface area (Å²) in [6.07, 6.45) is -2.58. The van der Waals surface area contributed by atoms with E-state index in [0.717, 1.165) is 13.0 Å². The number of carboxylic acid groups (broad SMARTS) is 1. The van der Waals surface area contributed by atoms with Crippen LogP contribution in [0.25, 0.3) is 0 Å². The zero-order valence-corrected chi connectivity index (χ0v) is 9.31. The molecule has 0 saturated heterocycles. The normalized spacial score (nSPS) is 16.1. The van der Waals surface area contributed by atoms with Crippen molar-refractivity contribution >= 4 is 5.97 Å². The number of carbonyl (C=O) groups is 1. The molecule has 0 amide bonds. The summed E-state index contributed by atoms with van der Waals surface area (Å²) in [5, 5.41) is 18.3. The maximum Gasteiger partial charge on any atom is 0.387 e. The van der Waals surface area contributed by atoms with Crippen molar-refractivity contribution in [3.8, 4) is 5.75 Å². The highest BCUT2D eigenvalue weighted by Crippen LogP contribution is 2.30. The minimum atomic E-state index is -3.06. The van der Waals surface area contributed by atoms with E-state index in [4.69, 9.17) is 5.11 Å². The van der Waals surface area contributed by atoms with Crippen molar-refractivity contribution in [3.05, 3.63) is 29.8 Å². The number of rotatable bonds is 5. The lowest BCUT2D eigenvalue weighted by molar-refractivity contribution is -0.153. The Morgan fingerprint density at radius 3 is 2.50 bits per heavy atom. The summed E-state index contributed by atoms with van der Waals surface area (Å²) in [7, 11) is 0. The quantitative estimate of drug-likeness (QED) is 0.852. The zero-order chi connectivity index (χ0) is 13.9. The molecule has 0 aliphatic heterocycles. The first-order valence-corrected chi connectivity index (χ1v) is 4.89. The molecule has 4 nitrogen and oxygen atoms in total. The van der Waals surface area contributed by atoms with Gasteiger partial charge in [0, 0.05) is 0 Å². The fraction of sp³-hybridized carbons (Fsp3) is 0.364. The van der Waals surface area contributed by atoms with Gasteiger partial charge in [-0.2, -0.15) is 8.78 Å². The van der Waals surface area contributed by atoms with Crippen LogP contribution in [0.1, 0.15) is 12.5 Å². The molecule has 0 aliphatic rings. The molecule has 0 radical (unpaired) electrons. The van der Waals surface area contributed by atoms with Crippen LogP contribution >= 0.6 is 0 Å². The van der Waals surface area contributed by atoms with E-state index in [1.165, 1.54) is 18.2 Å². The van der Waals surface area contributed by atoms with E-state index in [0.29, 0.717) is 0 Å². The number of benzene rings is 1. The van der Waals surface area contributed by atoms with Gasteiger partial charge < -0.3 is 14.9 Å². The lowest BCUT2D eigenvalue weighted by Crippen LogP contribution is -2.39. The van der Waals surface area contributed by atoms with E-state index in [1.807, 2.05) is 0 Å². The predicted octanol–water partition coefficient (Wildman–Crippen LogP) is 1.92. The van der Waals surface area contributed by atoms with Gasteiger partial charge in [0.25, 0.3) is 0 Å². The molecule has 0 aromatic heterocycles. The van der Waals surface area contributed by atoms with Crippen LogP contribution in [0.2, 0.25) is 0 Å². The van der Waals surface area contributed by atoms with Gasteiger partial charge in [-0.15, -0.1) is 0 Å². The summed E-state index contributed by atoms with van der Waals surface area (Å²) in [6.45, 7) is -2.13. The summed E-state index contributed by atoms with van der Waals surface area (Å²) in [5.74, 6) is -2.14. The average molecular weight is 264 g/mol. The van der Waals surface area contributed by atoms with Gasteiger partial charge >= 0.3 is 12.6 Å². The number of carboxylic acids is 1. The molecule has 0 saturated carbocycles. The molecule has 1 rings (SSSR count). The topological polar surface area (TPSA) is 66.8 Å². The van der Waals surface area contributed by atoms with Gasteiger partial charge in [-0.1, -0.05) is 12.1 Å². The van der Waals surface area contributed by atoms with Crippen LogP contribution < -0.4 is 4.74 Å². The Kier molecular flexibility index (Phi) is 4.18. The van der Waals surface area contributed by atoms with Crippen molar-refractivity contribution in [1.82, 2.24) is 0 Å². The Hall–Kier alpha value is -1.76. The van der Waals surface area contributed by atoms with Crippen LogP contribution in [0.4, 0.5) is 13.2 Å². The van der Waals surface area contributed by atoms with Gasteiger partial charge in [0.05, 0.1) is 0 Å². The SMILES string of the molecule is CC(O)(c1cccc(OC(F)F)c1)C(F)C(=O)O. The third-order valence-electron chi connectivity index (χ3n) is 2.35. The highest BCUT2D eigenvalue weighted by Gasteiger charge is 2.39. The van der Waals surface area contributed by atoms with Crippen molar-refractivity contribution in [2.45, 2.75) is 25.3 Å². The molecule has 100 valence electrons. The summed E-state index contributed by atoms with van der Waals surface area (Å²) < 4.78 is 41.4. The molecule has 1 aromatic carbocycles. The Morgan fingerprint density at radius 1 is 1.39 bits per heavy atom. The second-order valence-corrected chi connectivity index (χ2v) is 3.75. The molecule has 2 atom stereocenters. The average Bonchev–Trinajstić information content (AvgIpc) is 2.27. The molecular weight excluding hydrogens is 253 g/mol. The van der Waals surface area contributed by atoms with Crippen LogP contribution in [-0.2, 0) is 10.4 Å². The molecule has 1 aromatic rings. The van der Waals surface area contributed by atoms with Crippen molar-refractivity contribution in [2.75, 3.05) is 0 Å². The highest BCUT2D eigenvalue weighted by molar-refractivity contribution is 5.74. The Morgan fingerprint density at radius 2 is 2.00 bits per heavy atom. The van der Waals surface area contributed by atoms with Crippen LogP contribution in [0.15, 0.2) is 24.3 Å². The number of aliphatic hydroxyl groups is 1. The van der Waals surface area contributed by atoms with Gasteiger partial charge in [-0.05, 0) is 24.6 Å². The molecule has 2 unspecified atom stereocenters. The monoisotopic (exact) mass is 264 g/mol. The van der Waals surface area contributed by atoms with E-state index in [9.17, 15) is 23.1 Å². The fourth-order valence-corrected chi connectivity index (χ4v) is 1.37. The summed E-state index contributed by atoms with van der Waals surface area (Å²) in [5.41, 5.74) is -2.51. The van der Waals surface area contributed by atoms with Gasteiger partial charge in [-0.3, -0.25) is 0 Å². The second kappa shape index (κ2) is 5.26. The lowest BCUT2D eigenvalue weighted by atomic mass is 9.91. The number of ether oxygens (including phenoxy) is 1. The van der Waals surface area contributed by atoms with Gasteiger partial charge in [0.2, 0.25) is 6.17 Å². The number of aliphatic carboxylic acids is 1.